The zero-order valence-electron chi connectivity index (χ0n) is 11.0. The number of benzene rings is 2. The van der Waals surface area contributed by atoms with E-state index in [9.17, 15) is 4.79 Å². The van der Waals surface area contributed by atoms with Gasteiger partial charge >= 0.3 is 0 Å². The number of para-hydroxylation sites is 1. The van der Waals surface area contributed by atoms with Crippen LogP contribution in [0.3, 0.4) is 0 Å². The maximum Gasteiger partial charge on any atom is 0.287 e. The molecule has 0 saturated heterocycles. The van der Waals surface area contributed by atoms with Gasteiger partial charge in [-0.2, -0.15) is 5.10 Å². The summed E-state index contributed by atoms with van der Waals surface area (Å²) in [6.45, 7) is 0. The molecule has 1 heterocycles. The van der Waals surface area contributed by atoms with Crippen molar-refractivity contribution in [3.63, 3.8) is 0 Å². The standard InChI is InChI=1S/C16H12BrN3O/c17-13-7-5-11(6-8-13)10-18-20-16(21)15-9-12-3-1-2-4-14(12)19-15/h1-10,19H,(H,20,21)/b18-10-. The fourth-order valence-electron chi connectivity index (χ4n) is 1.97. The minimum atomic E-state index is -0.264. The summed E-state index contributed by atoms with van der Waals surface area (Å²) in [5.74, 6) is -0.264. The van der Waals surface area contributed by atoms with E-state index < -0.39 is 0 Å². The van der Waals surface area contributed by atoms with Crippen molar-refractivity contribution in [1.82, 2.24) is 10.4 Å². The summed E-state index contributed by atoms with van der Waals surface area (Å²) in [5, 5.41) is 4.96. The second-order valence-corrected chi connectivity index (χ2v) is 5.44. The number of nitrogens with one attached hydrogen (secondary N) is 2. The quantitative estimate of drug-likeness (QED) is 0.553. The normalized spacial score (nSPS) is 11.1. The summed E-state index contributed by atoms with van der Waals surface area (Å²) in [4.78, 5) is 15.1. The van der Waals surface area contributed by atoms with Gasteiger partial charge in [-0.3, -0.25) is 4.79 Å². The molecule has 0 fully saturated rings. The van der Waals surface area contributed by atoms with E-state index in [4.69, 9.17) is 0 Å². The van der Waals surface area contributed by atoms with Crippen LogP contribution in [-0.4, -0.2) is 17.1 Å². The third-order valence-electron chi connectivity index (χ3n) is 3.02. The van der Waals surface area contributed by atoms with Crippen molar-refractivity contribution in [2.45, 2.75) is 0 Å². The van der Waals surface area contributed by atoms with Crippen LogP contribution in [0, 0.1) is 0 Å². The van der Waals surface area contributed by atoms with Gasteiger partial charge < -0.3 is 4.98 Å². The Kier molecular flexibility index (Phi) is 3.83. The Morgan fingerprint density at radius 2 is 1.90 bits per heavy atom. The fraction of sp³-hybridized carbons (Fsp3) is 0. The Morgan fingerprint density at radius 1 is 1.14 bits per heavy atom. The molecule has 0 aliphatic carbocycles. The van der Waals surface area contributed by atoms with E-state index in [1.54, 1.807) is 12.3 Å². The van der Waals surface area contributed by atoms with Crippen molar-refractivity contribution in [1.29, 1.82) is 0 Å². The molecule has 3 rings (SSSR count). The molecule has 0 spiro atoms. The second kappa shape index (κ2) is 5.93. The molecule has 5 heteroatoms. The van der Waals surface area contributed by atoms with Crippen LogP contribution in [0.15, 0.2) is 64.2 Å². The van der Waals surface area contributed by atoms with Gasteiger partial charge in [-0.25, -0.2) is 5.43 Å². The van der Waals surface area contributed by atoms with Crippen molar-refractivity contribution in [3.05, 3.63) is 70.3 Å². The Bertz CT molecular complexity index is 773. The monoisotopic (exact) mass is 341 g/mol. The Labute approximate surface area is 130 Å². The highest BCUT2D eigenvalue weighted by Gasteiger charge is 2.07. The molecule has 0 atom stereocenters. The van der Waals surface area contributed by atoms with Gasteiger partial charge in [0.25, 0.3) is 5.91 Å². The van der Waals surface area contributed by atoms with Crippen molar-refractivity contribution >= 4 is 39.0 Å². The molecule has 0 aliphatic heterocycles. The van der Waals surface area contributed by atoms with Crippen LogP contribution in [-0.2, 0) is 0 Å². The summed E-state index contributed by atoms with van der Waals surface area (Å²) in [6.07, 6.45) is 1.60. The van der Waals surface area contributed by atoms with Crippen molar-refractivity contribution in [3.8, 4) is 0 Å². The summed E-state index contributed by atoms with van der Waals surface area (Å²) in [5.41, 5.74) is 4.84. The topological polar surface area (TPSA) is 57.2 Å². The van der Waals surface area contributed by atoms with Crippen LogP contribution >= 0.6 is 15.9 Å². The van der Waals surface area contributed by atoms with Crippen LogP contribution < -0.4 is 5.43 Å². The van der Waals surface area contributed by atoms with Crippen molar-refractivity contribution < 1.29 is 4.79 Å². The van der Waals surface area contributed by atoms with Gasteiger partial charge in [-0.15, -0.1) is 0 Å². The average molecular weight is 342 g/mol. The number of amides is 1. The molecule has 1 aromatic heterocycles. The first-order valence-electron chi connectivity index (χ1n) is 6.39. The van der Waals surface area contributed by atoms with Crippen LogP contribution in [0.5, 0.6) is 0 Å². The molecule has 0 aliphatic rings. The molecule has 4 nitrogen and oxygen atoms in total. The highest BCUT2D eigenvalue weighted by molar-refractivity contribution is 9.10. The van der Waals surface area contributed by atoms with E-state index in [0.29, 0.717) is 5.69 Å². The lowest BCUT2D eigenvalue weighted by Gasteiger charge is -1.96. The molecule has 2 aromatic carbocycles. The van der Waals surface area contributed by atoms with E-state index in [1.165, 1.54) is 0 Å². The van der Waals surface area contributed by atoms with E-state index in [1.807, 2.05) is 48.5 Å². The molecule has 0 saturated carbocycles. The summed E-state index contributed by atoms with van der Waals surface area (Å²) in [7, 11) is 0. The average Bonchev–Trinajstić information content (AvgIpc) is 2.93. The molecule has 0 unspecified atom stereocenters. The van der Waals surface area contributed by atoms with Gasteiger partial charge in [-0.05, 0) is 29.8 Å². The summed E-state index contributed by atoms with van der Waals surface area (Å²) >= 11 is 3.37. The van der Waals surface area contributed by atoms with E-state index in [2.05, 4.69) is 31.4 Å². The summed E-state index contributed by atoms with van der Waals surface area (Å²) in [6, 6.07) is 17.2. The predicted octanol–water partition coefficient (Wildman–Crippen LogP) is 3.69. The van der Waals surface area contributed by atoms with Crippen molar-refractivity contribution in [2.75, 3.05) is 0 Å². The fourth-order valence-corrected chi connectivity index (χ4v) is 2.23. The van der Waals surface area contributed by atoms with Crippen LogP contribution in [0.4, 0.5) is 0 Å². The number of hydrogen-bond acceptors (Lipinski definition) is 2. The first kappa shape index (κ1) is 13.6. The van der Waals surface area contributed by atoms with Crippen LogP contribution in [0.2, 0.25) is 0 Å². The number of carbonyl (C=O) groups is 1. The van der Waals surface area contributed by atoms with E-state index in [0.717, 1.165) is 20.9 Å². The molecule has 3 aromatic rings. The highest BCUT2D eigenvalue weighted by atomic mass is 79.9. The smallest absolute Gasteiger partial charge is 0.287 e. The number of hydrogen-bond donors (Lipinski definition) is 2. The third-order valence-corrected chi connectivity index (χ3v) is 3.55. The third kappa shape index (κ3) is 3.20. The molecule has 104 valence electrons. The minimum absolute atomic E-state index is 0.264. The number of aromatic nitrogens is 1. The highest BCUT2D eigenvalue weighted by Crippen LogP contribution is 2.14. The maximum atomic E-state index is 12.0. The van der Waals surface area contributed by atoms with Gasteiger partial charge in [0.2, 0.25) is 0 Å². The number of H-pyrrole nitrogens is 1. The summed E-state index contributed by atoms with van der Waals surface area (Å²) < 4.78 is 1.00. The van der Waals surface area contributed by atoms with Gasteiger partial charge in [0.1, 0.15) is 5.69 Å². The first-order valence-corrected chi connectivity index (χ1v) is 7.18. The number of halogens is 1. The molecular weight excluding hydrogens is 330 g/mol. The number of hydrazone groups is 1. The molecule has 2 N–H and O–H groups in total. The second-order valence-electron chi connectivity index (χ2n) is 4.52. The van der Waals surface area contributed by atoms with E-state index >= 15 is 0 Å². The lowest BCUT2D eigenvalue weighted by Crippen LogP contribution is -2.17. The largest absolute Gasteiger partial charge is 0.350 e. The lowest BCUT2D eigenvalue weighted by molar-refractivity contribution is 0.0951. The van der Waals surface area contributed by atoms with Gasteiger partial charge in [0, 0.05) is 15.4 Å². The molecule has 0 bridgehead atoms. The number of aromatic amines is 1. The Morgan fingerprint density at radius 3 is 2.67 bits per heavy atom. The zero-order valence-corrected chi connectivity index (χ0v) is 12.6. The Balaban J connectivity index is 1.70. The number of rotatable bonds is 3. The minimum Gasteiger partial charge on any atom is -0.350 e. The van der Waals surface area contributed by atoms with Crippen LogP contribution in [0.1, 0.15) is 16.1 Å². The van der Waals surface area contributed by atoms with E-state index in [-0.39, 0.29) is 5.91 Å². The van der Waals surface area contributed by atoms with Crippen molar-refractivity contribution in [2.24, 2.45) is 5.10 Å². The van der Waals surface area contributed by atoms with Gasteiger partial charge in [-0.1, -0.05) is 46.3 Å². The van der Waals surface area contributed by atoms with Crippen LogP contribution in [0.25, 0.3) is 10.9 Å². The number of nitrogens with zero attached hydrogens (tertiary/aromatic N) is 1. The molecule has 1 amide bonds. The zero-order chi connectivity index (χ0) is 14.7. The molecular formula is C16H12BrN3O. The number of fused-ring (bicyclic) bond motifs is 1. The van der Waals surface area contributed by atoms with Gasteiger partial charge in [0.15, 0.2) is 0 Å². The van der Waals surface area contributed by atoms with Gasteiger partial charge in [0.05, 0.1) is 6.21 Å². The lowest BCUT2D eigenvalue weighted by atomic mass is 10.2. The number of carbonyl (C=O) groups excluding carboxylic acids is 1. The predicted molar refractivity (Wildman–Crippen MR) is 87.5 cm³/mol. The molecule has 0 radical (unpaired) electrons. The maximum absolute atomic E-state index is 12.0. The molecule has 21 heavy (non-hydrogen) atoms. The SMILES string of the molecule is O=C(N/N=C\c1ccc(Br)cc1)c1cc2ccccc2[nH]1. The first-order chi connectivity index (χ1) is 10.2. The Hall–Kier alpha value is -2.40.